The van der Waals surface area contributed by atoms with Crippen LogP contribution in [-0.4, -0.2) is 19.1 Å². The third-order valence-corrected chi connectivity index (χ3v) is 1.98. The van der Waals surface area contributed by atoms with E-state index in [-0.39, 0.29) is 12.0 Å². The van der Waals surface area contributed by atoms with Crippen LogP contribution in [-0.2, 0) is 9.53 Å². The highest BCUT2D eigenvalue weighted by Gasteiger charge is 2.06. The number of carbonyl (C=O) groups is 1. The molecule has 0 saturated heterocycles. The van der Waals surface area contributed by atoms with Crippen molar-refractivity contribution in [2.45, 2.75) is 45.1 Å². The number of carbonyl (C=O) groups excluding carboxylic acids is 1. The number of rotatable bonds is 7. The molecule has 0 aliphatic rings. The number of hydrogen-bond acceptors (Lipinski definition) is 3. The number of esters is 1. The second kappa shape index (κ2) is 8.38. The minimum absolute atomic E-state index is 0.0228. The zero-order valence-electron chi connectivity index (χ0n) is 8.77. The Labute approximate surface area is 84.1 Å². The summed E-state index contributed by atoms with van der Waals surface area (Å²) in [7, 11) is 1.37. The maximum absolute atomic E-state index is 10.8. The second-order valence-corrected chi connectivity index (χ2v) is 3.12. The maximum atomic E-state index is 10.8. The Morgan fingerprint density at radius 3 is 2.79 bits per heavy atom. The van der Waals surface area contributed by atoms with Crippen LogP contribution in [0.25, 0.3) is 10.4 Å². The van der Waals surface area contributed by atoms with Crippen molar-refractivity contribution in [3.63, 3.8) is 0 Å². The quantitative estimate of drug-likeness (QED) is 0.273. The molecule has 0 radical (unpaired) electrons. The van der Waals surface area contributed by atoms with E-state index in [2.05, 4.69) is 14.8 Å². The summed E-state index contributed by atoms with van der Waals surface area (Å²) in [6, 6.07) is 0.0228. The highest BCUT2D eigenvalue weighted by molar-refractivity contribution is 5.68. The fourth-order valence-corrected chi connectivity index (χ4v) is 1.25. The van der Waals surface area contributed by atoms with Gasteiger partial charge in [-0.1, -0.05) is 18.5 Å². The van der Waals surface area contributed by atoms with Gasteiger partial charge in [0.2, 0.25) is 0 Å². The predicted molar refractivity (Wildman–Crippen MR) is 53.7 cm³/mol. The molecular formula is C9H17N3O2. The van der Waals surface area contributed by atoms with E-state index < -0.39 is 0 Å². The molecule has 1 atom stereocenters. The van der Waals surface area contributed by atoms with Gasteiger partial charge in [0.25, 0.3) is 0 Å². The minimum atomic E-state index is -0.207. The largest absolute Gasteiger partial charge is 0.469 e. The molecule has 0 aliphatic carbocycles. The molecule has 5 nitrogen and oxygen atoms in total. The molecule has 0 aromatic carbocycles. The van der Waals surface area contributed by atoms with E-state index in [1.54, 1.807) is 0 Å². The van der Waals surface area contributed by atoms with E-state index >= 15 is 0 Å². The van der Waals surface area contributed by atoms with Crippen LogP contribution in [0.5, 0.6) is 0 Å². The van der Waals surface area contributed by atoms with Gasteiger partial charge in [-0.2, -0.15) is 0 Å². The molecule has 0 saturated carbocycles. The van der Waals surface area contributed by atoms with Crippen molar-refractivity contribution in [3.05, 3.63) is 10.4 Å². The van der Waals surface area contributed by atoms with Gasteiger partial charge in [0.1, 0.15) is 0 Å². The molecule has 5 heteroatoms. The van der Waals surface area contributed by atoms with Gasteiger partial charge in [0.05, 0.1) is 7.11 Å². The lowest BCUT2D eigenvalue weighted by molar-refractivity contribution is -0.140. The summed E-state index contributed by atoms with van der Waals surface area (Å²) >= 11 is 0. The van der Waals surface area contributed by atoms with Gasteiger partial charge in [0.15, 0.2) is 0 Å². The molecule has 1 unspecified atom stereocenters. The first kappa shape index (κ1) is 12.8. The lowest BCUT2D eigenvalue weighted by Gasteiger charge is -2.08. The summed E-state index contributed by atoms with van der Waals surface area (Å²) < 4.78 is 4.51. The van der Waals surface area contributed by atoms with E-state index in [0.29, 0.717) is 6.42 Å². The van der Waals surface area contributed by atoms with Crippen molar-refractivity contribution in [2.75, 3.05) is 7.11 Å². The van der Waals surface area contributed by atoms with Crippen LogP contribution in [0.15, 0.2) is 5.11 Å². The van der Waals surface area contributed by atoms with Crippen LogP contribution < -0.4 is 0 Å². The van der Waals surface area contributed by atoms with Gasteiger partial charge in [0, 0.05) is 17.4 Å². The number of azide groups is 1. The van der Waals surface area contributed by atoms with Gasteiger partial charge in [-0.05, 0) is 24.8 Å². The second-order valence-electron chi connectivity index (χ2n) is 3.12. The van der Waals surface area contributed by atoms with Crippen LogP contribution >= 0.6 is 0 Å². The Morgan fingerprint density at radius 2 is 2.29 bits per heavy atom. The first-order chi connectivity index (χ1) is 6.74. The van der Waals surface area contributed by atoms with E-state index in [4.69, 9.17) is 5.53 Å². The number of nitrogens with zero attached hydrogens (tertiary/aromatic N) is 3. The van der Waals surface area contributed by atoms with Crippen molar-refractivity contribution in [3.8, 4) is 0 Å². The van der Waals surface area contributed by atoms with Gasteiger partial charge in [-0.25, -0.2) is 0 Å². The average molecular weight is 199 g/mol. The van der Waals surface area contributed by atoms with E-state index in [9.17, 15) is 4.79 Å². The van der Waals surface area contributed by atoms with Crippen LogP contribution in [0.2, 0.25) is 0 Å². The zero-order valence-corrected chi connectivity index (χ0v) is 8.77. The molecule has 14 heavy (non-hydrogen) atoms. The van der Waals surface area contributed by atoms with Gasteiger partial charge >= 0.3 is 5.97 Å². The smallest absolute Gasteiger partial charge is 0.305 e. The molecule has 0 fully saturated rings. The summed E-state index contributed by atoms with van der Waals surface area (Å²) in [5.74, 6) is -0.207. The Bertz CT molecular complexity index is 212. The molecule has 0 spiro atoms. The summed E-state index contributed by atoms with van der Waals surface area (Å²) in [4.78, 5) is 13.6. The Kier molecular flexibility index (Phi) is 7.65. The molecule has 0 bridgehead atoms. The highest BCUT2D eigenvalue weighted by atomic mass is 16.5. The molecule has 0 heterocycles. The van der Waals surface area contributed by atoms with E-state index in [1.807, 2.05) is 6.92 Å². The van der Waals surface area contributed by atoms with Crippen molar-refractivity contribution >= 4 is 5.97 Å². The van der Waals surface area contributed by atoms with Crippen molar-refractivity contribution in [1.29, 1.82) is 0 Å². The Morgan fingerprint density at radius 1 is 1.57 bits per heavy atom. The van der Waals surface area contributed by atoms with Crippen LogP contribution in [0.3, 0.4) is 0 Å². The number of methoxy groups -OCH3 is 1. The van der Waals surface area contributed by atoms with E-state index in [0.717, 1.165) is 25.7 Å². The first-order valence-electron chi connectivity index (χ1n) is 4.85. The standard InChI is InChI=1S/C9H17N3O2/c1-3-5-8(11-12-10)6-4-7-9(13)14-2/h8H,3-7H2,1-2H3. The van der Waals surface area contributed by atoms with Crippen LogP contribution in [0.1, 0.15) is 39.0 Å². The van der Waals surface area contributed by atoms with Gasteiger partial charge < -0.3 is 4.74 Å². The molecule has 0 aromatic rings. The Balaban J connectivity index is 3.70. The predicted octanol–water partition coefficient (Wildman–Crippen LogP) is 2.81. The number of hydrogen-bond donors (Lipinski definition) is 0. The molecule has 0 aromatic heterocycles. The van der Waals surface area contributed by atoms with Crippen molar-refractivity contribution in [2.24, 2.45) is 5.11 Å². The summed E-state index contributed by atoms with van der Waals surface area (Å²) in [5, 5.41) is 3.66. The van der Waals surface area contributed by atoms with Gasteiger partial charge in [-0.15, -0.1) is 0 Å². The fourth-order valence-electron chi connectivity index (χ4n) is 1.25. The Hall–Kier alpha value is -1.22. The summed E-state index contributed by atoms with van der Waals surface area (Å²) in [6.07, 6.45) is 3.74. The summed E-state index contributed by atoms with van der Waals surface area (Å²) in [5.41, 5.74) is 8.28. The van der Waals surface area contributed by atoms with Gasteiger partial charge in [-0.3, -0.25) is 4.79 Å². The lowest BCUT2D eigenvalue weighted by Crippen LogP contribution is -2.05. The molecule has 0 amide bonds. The molecular weight excluding hydrogens is 182 g/mol. The minimum Gasteiger partial charge on any atom is -0.469 e. The SMILES string of the molecule is CCCC(CCCC(=O)OC)N=[N+]=[N-]. The van der Waals surface area contributed by atoms with Crippen LogP contribution in [0.4, 0.5) is 0 Å². The topological polar surface area (TPSA) is 75.1 Å². The zero-order chi connectivity index (χ0) is 10.8. The molecule has 0 N–H and O–H groups in total. The van der Waals surface area contributed by atoms with Crippen LogP contribution in [0, 0.1) is 0 Å². The molecule has 0 rings (SSSR count). The van der Waals surface area contributed by atoms with Crippen molar-refractivity contribution in [1.82, 2.24) is 0 Å². The van der Waals surface area contributed by atoms with Crippen molar-refractivity contribution < 1.29 is 9.53 Å². The van der Waals surface area contributed by atoms with E-state index in [1.165, 1.54) is 7.11 Å². The third-order valence-electron chi connectivity index (χ3n) is 1.98. The molecule has 80 valence electrons. The lowest BCUT2D eigenvalue weighted by atomic mass is 10.1. The first-order valence-corrected chi connectivity index (χ1v) is 4.85. The monoisotopic (exact) mass is 199 g/mol. The molecule has 0 aliphatic heterocycles. The summed E-state index contributed by atoms with van der Waals surface area (Å²) in [6.45, 7) is 2.04. The third kappa shape index (κ3) is 6.31. The normalized spacial score (nSPS) is 11.6. The highest BCUT2D eigenvalue weighted by Crippen LogP contribution is 2.11. The maximum Gasteiger partial charge on any atom is 0.305 e. The fraction of sp³-hybridized carbons (Fsp3) is 0.889. The average Bonchev–Trinajstić information content (AvgIpc) is 2.18. The number of ether oxygens (including phenoxy) is 1.